The lowest BCUT2D eigenvalue weighted by Crippen LogP contribution is -2.01. The predicted molar refractivity (Wildman–Crippen MR) is 259 cm³/mol. The van der Waals surface area contributed by atoms with Crippen LogP contribution in [0.1, 0.15) is 42.4 Å². The van der Waals surface area contributed by atoms with Crippen molar-refractivity contribution in [1.82, 2.24) is 0 Å². The van der Waals surface area contributed by atoms with E-state index in [-0.39, 0.29) is 0 Å². The van der Waals surface area contributed by atoms with E-state index in [0.29, 0.717) is 0 Å². The average molecular weight is 767 g/mol. The van der Waals surface area contributed by atoms with E-state index in [0.717, 1.165) is 36.8 Å². The van der Waals surface area contributed by atoms with Gasteiger partial charge in [-0.25, -0.2) is 0 Å². The molecular weight excluding hydrogens is 721 g/mol. The van der Waals surface area contributed by atoms with E-state index in [1.807, 2.05) is 0 Å². The maximum Gasteiger partial charge on any atom is -0.00321 e. The highest BCUT2D eigenvalue weighted by molar-refractivity contribution is 6.18. The van der Waals surface area contributed by atoms with Crippen LogP contribution in [0.2, 0.25) is 0 Å². The van der Waals surface area contributed by atoms with Gasteiger partial charge < -0.3 is 0 Å². The second-order valence-corrected chi connectivity index (χ2v) is 16.0. The molecule has 0 aliphatic heterocycles. The quantitative estimate of drug-likeness (QED) is 0.101. The van der Waals surface area contributed by atoms with Crippen molar-refractivity contribution in [3.63, 3.8) is 0 Å². The van der Waals surface area contributed by atoms with Gasteiger partial charge in [-0.3, -0.25) is 0 Å². The van der Waals surface area contributed by atoms with E-state index in [2.05, 4.69) is 218 Å². The van der Waals surface area contributed by atoms with E-state index in [9.17, 15) is 0 Å². The van der Waals surface area contributed by atoms with Gasteiger partial charge in [0.2, 0.25) is 0 Å². The van der Waals surface area contributed by atoms with Gasteiger partial charge in [0, 0.05) is 0 Å². The summed E-state index contributed by atoms with van der Waals surface area (Å²) in [5.41, 5.74) is 18.7. The fraction of sp³-hybridized carbons (Fsp3) is 0.0667. The summed E-state index contributed by atoms with van der Waals surface area (Å²) in [6.45, 7) is 4.79. The Morgan fingerprint density at radius 2 is 0.867 bits per heavy atom. The second kappa shape index (κ2) is 16.5. The third kappa shape index (κ3) is 7.45. The first kappa shape index (κ1) is 37.0. The molecule has 0 bridgehead atoms. The zero-order valence-corrected chi connectivity index (χ0v) is 33.8. The molecule has 0 amide bonds. The number of fused-ring (bicyclic) bond motifs is 2. The third-order valence-corrected chi connectivity index (χ3v) is 12.3. The summed E-state index contributed by atoms with van der Waals surface area (Å²) in [7, 11) is 0. The molecule has 8 aromatic rings. The van der Waals surface area contributed by atoms with Crippen molar-refractivity contribution in [1.29, 1.82) is 0 Å². The zero-order chi connectivity index (χ0) is 40.3. The molecular formula is C60H46. The van der Waals surface area contributed by atoms with Crippen LogP contribution in [0.5, 0.6) is 0 Å². The average Bonchev–Trinajstić information content (AvgIpc) is 3.33. The molecule has 0 heteroatoms. The van der Waals surface area contributed by atoms with Crippen LogP contribution in [0, 0.1) is 0 Å². The van der Waals surface area contributed by atoms with Gasteiger partial charge in [0.05, 0.1) is 0 Å². The Morgan fingerprint density at radius 3 is 1.42 bits per heavy atom. The smallest absolute Gasteiger partial charge is 0.00321 e. The Morgan fingerprint density at radius 1 is 0.400 bits per heavy atom. The molecule has 0 radical (unpaired) electrons. The summed E-state index contributed by atoms with van der Waals surface area (Å²) >= 11 is 0. The van der Waals surface area contributed by atoms with Gasteiger partial charge in [-0.15, -0.1) is 0 Å². The Labute approximate surface area is 354 Å². The minimum Gasteiger partial charge on any atom is -0.0911 e. The molecule has 0 spiro atoms. The minimum atomic E-state index is 0.990. The number of rotatable bonds is 9. The SMILES string of the molecule is C=C(/C=C\c1ccccc1)c1c2cc(-c3ccc(-c4ccccc4)cc3)ccc2c(C2=CC=C(C3=CC=CCC3)CC2)c2cc(-c3ccc(-c4ccccc4)cc3)ccc12. The maximum absolute atomic E-state index is 4.79. The lowest BCUT2D eigenvalue weighted by atomic mass is 9.80. The van der Waals surface area contributed by atoms with Gasteiger partial charge in [-0.1, -0.05) is 213 Å². The van der Waals surface area contributed by atoms with Crippen LogP contribution in [-0.4, -0.2) is 0 Å². The largest absolute Gasteiger partial charge is 0.0911 e. The lowest BCUT2D eigenvalue weighted by Gasteiger charge is -2.23. The number of benzene rings is 8. The van der Waals surface area contributed by atoms with Crippen molar-refractivity contribution < 1.29 is 0 Å². The van der Waals surface area contributed by atoms with E-state index < -0.39 is 0 Å². The topological polar surface area (TPSA) is 0 Å². The van der Waals surface area contributed by atoms with Crippen LogP contribution in [0.25, 0.3) is 83.3 Å². The standard InChI is InChI=1S/C60H46/c1-42(22-23-43-14-6-2-7-15-43)59-55-38-36-54(51-30-26-48(27-31-51)45-18-10-4-11-19-45)41-58(55)60(52-34-32-49(33-35-52)46-20-12-5-13-21-46)56-39-37-53(40-57(56)59)50-28-24-47(25-29-50)44-16-8-3-9-17-44/h2-12,14-20,22-32,34,36-41H,1,13,21,33,35H2/b23-22-. The highest BCUT2D eigenvalue weighted by Crippen LogP contribution is 2.45. The fourth-order valence-corrected chi connectivity index (χ4v) is 9.08. The molecule has 0 aromatic heterocycles. The van der Waals surface area contributed by atoms with E-state index >= 15 is 0 Å². The zero-order valence-electron chi connectivity index (χ0n) is 33.8. The van der Waals surface area contributed by atoms with Crippen molar-refractivity contribution in [3.8, 4) is 44.5 Å². The fourth-order valence-electron chi connectivity index (χ4n) is 9.08. The summed E-state index contributed by atoms with van der Waals surface area (Å²) < 4.78 is 0. The van der Waals surface area contributed by atoms with E-state index in [1.165, 1.54) is 93.9 Å². The predicted octanol–water partition coefficient (Wildman–Crippen LogP) is 16.8. The first-order valence-corrected chi connectivity index (χ1v) is 21.2. The van der Waals surface area contributed by atoms with Crippen LogP contribution in [0.3, 0.4) is 0 Å². The van der Waals surface area contributed by atoms with Gasteiger partial charge in [0.25, 0.3) is 0 Å². The van der Waals surface area contributed by atoms with Crippen LogP contribution in [0.4, 0.5) is 0 Å². The Hall–Kier alpha value is -7.28. The van der Waals surface area contributed by atoms with E-state index in [1.54, 1.807) is 0 Å². The van der Waals surface area contributed by atoms with Crippen molar-refractivity contribution >= 4 is 38.8 Å². The number of hydrogen-bond acceptors (Lipinski definition) is 0. The van der Waals surface area contributed by atoms with Gasteiger partial charge in [-0.2, -0.15) is 0 Å². The van der Waals surface area contributed by atoms with Crippen molar-refractivity contribution in [2.45, 2.75) is 25.7 Å². The number of allylic oxidation sites excluding steroid dienone is 10. The van der Waals surface area contributed by atoms with Gasteiger partial charge in [0.15, 0.2) is 0 Å². The van der Waals surface area contributed by atoms with Crippen molar-refractivity contribution in [2.75, 3.05) is 0 Å². The molecule has 0 N–H and O–H groups in total. The Kier molecular flexibility index (Phi) is 10.2. The molecule has 0 saturated carbocycles. The van der Waals surface area contributed by atoms with Crippen LogP contribution in [-0.2, 0) is 0 Å². The minimum absolute atomic E-state index is 0.990. The molecule has 286 valence electrons. The van der Waals surface area contributed by atoms with Crippen LogP contribution >= 0.6 is 0 Å². The molecule has 0 nitrogen and oxygen atoms in total. The molecule has 8 aromatic carbocycles. The van der Waals surface area contributed by atoms with Crippen molar-refractivity contribution in [3.05, 3.63) is 247 Å². The maximum atomic E-state index is 4.79. The summed E-state index contributed by atoms with van der Waals surface area (Å²) in [4.78, 5) is 0. The van der Waals surface area contributed by atoms with E-state index in [4.69, 9.17) is 6.58 Å². The second-order valence-electron chi connectivity index (χ2n) is 16.0. The van der Waals surface area contributed by atoms with Gasteiger partial charge in [0.1, 0.15) is 0 Å². The first-order chi connectivity index (χ1) is 29.7. The van der Waals surface area contributed by atoms with Crippen molar-refractivity contribution in [2.24, 2.45) is 0 Å². The number of hydrogen-bond donors (Lipinski definition) is 0. The lowest BCUT2D eigenvalue weighted by molar-refractivity contribution is 0.906. The molecule has 10 rings (SSSR count). The van der Waals surface area contributed by atoms with Gasteiger partial charge >= 0.3 is 0 Å². The van der Waals surface area contributed by atoms with Crippen LogP contribution < -0.4 is 0 Å². The molecule has 60 heavy (non-hydrogen) atoms. The van der Waals surface area contributed by atoms with Gasteiger partial charge in [-0.05, 0) is 143 Å². The highest BCUT2D eigenvalue weighted by Gasteiger charge is 2.21. The molecule has 0 atom stereocenters. The summed E-state index contributed by atoms with van der Waals surface area (Å²) in [5.74, 6) is 0. The molecule has 0 unspecified atom stereocenters. The summed E-state index contributed by atoms with van der Waals surface area (Å²) in [5, 5.41) is 4.97. The molecule has 2 aliphatic carbocycles. The molecule has 0 heterocycles. The normalized spacial score (nSPS) is 14.0. The molecule has 2 aliphatic rings. The third-order valence-electron chi connectivity index (χ3n) is 12.3. The molecule has 0 fully saturated rings. The highest BCUT2D eigenvalue weighted by atomic mass is 14.3. The first-order valence-electron chi connectivity index (χ1n) is 21.2. The van der Waals surface area contributed by atoms with Crippen LogP contribution in [0.15, 0.2) is 230 Å². The summed E-state index contributed by atoms with van der Waals surface area (Å²) in [6, 6.07) is 64.0. The Balaban J connectivity index is 1.17. The molecule has 0 saturated heterocycles. The Bertz CT molecular complexity index is 3020. The summed E-state index contributed by atoms with van der Waals surface area (Å²) in [6.07, 6.45) is 20.3. The monoisotopic (exact) mass is 766 g/mol.